The van der Waals surface area contributed by atoms with Crippen LogP contribution in [0.25, 0.3) is 0 Å². The van der Waals surface area contributed by atoms with Crippen LogP contribution in [0.15, 0.2) is 18.2 Å². The van der Waals surface area contributed by atoms with E-state index in [0.717, 1.165) is 16.9 Å². The SMILES string of the molecule is O=C(c1ccc(NC2CCCCC2)c(NC2CCCCC2)c1)N1CCOCC1. The number of carbonyl (C=O) groups excluding carboxylic acids is 1. The number of benzene rings is 1. The highest BCUT2D eigenvalue weighted by Gasteiger charge is 2.22. The van der Waals surface area contributed by atoms with E-state index in [1.807, 2.05) is 11.0 Å². The normalized spacial score (nSPS) is 22.1. The summed E-state index contributed by atoms with van der Waals surface area (Å²) >= 11 is 0. The fourth-order valence-corrected chi connectivity index (χ4v) is 4.81. The Bertz CT molecular complexity index is 645. The number of hydrogen-bond donors (Lipinski definition) is 2. The first-order valence-corrected chi connectivity index (χ1v) is 11.3. The third kappa shape index (κ3) is 4.99. The van der Waals surface area contributed by atoms with Crippen molar-refractivity contribution in [3.05, 3.63) is 23.8 Å². The summed E-state index contributed by atoms with van der Waals surface area (Å²) in [5, 5.41) is 7.56. The van der Waals surface area contributed by atoms with E-state index in [1.54, 1.807) is 0 Å². The van der Waals surface area contributed by atoms with E-state index in [0.29, 0.717) is 38.4 Å². The minimum absolute atomic E-state index is 0.124. The van der Waals surface area contributed by atoms with Gasteiger partial charge in [-0.1, -0.05) is 38.5 Å². The van der Waals surface area contributed by atoms with Crippen LogP contribution in [0.2, 0.25) is 0 Å². The molecule has 3 aliphatic rings. The maximum atomic E-state index is 13.0. The molecular formula is C23H35N3O2. The minimum atomic E-state index is 0.124. The average molecular weight is 386 g/mol. The van der Waals surface area contributed by atoms with Gasteiger partial charge in [-0.2, -0.15) is 0 Å². The first-order valence-electron chi connectivity index (χ1n) is 11.3. The van der Waals surface area contributed by atoms with Crippen LogP contribution in [0.5, 0.6) is 0 Å². The van der Waals surface area contributed by atoms with E-state index in [-0.39, 0.29) is 5.91 Å². The topological polar surface area (TPSA) is 53.6 Å². The second kappa shape index (κ2) is 9.64. The standard InChI is InChI=1S/C23H35N3O2/c27-23(26-13-15-28-16-14-26)18-11-12-21(24-19-7-3-1-4-8-19)22(17-18)25-20-9-5-2-6-10-20/h11-12,17,19-20,24-25H,1-10,13-16H2. The lowest BCUT2D eigenvalue weighted by Gasteiger charge is -2.30. The van der Waals surface area contributed by atoms with Gasteiger partial charge in [-0.15, -0.1) is 0 Å². The Kier molecular flexibility index (Phi) is 6.73. The zero-order valence-electron chi connectivity index (χ0n) is 17.0. The molecule has 1 aliphatic heterocycles. The molecule has 0 spiro atoms. The van der Waals surface area contributed by atoms with Crippen LogP contribution in [0.3, 0.4) is 0 Å². The van der Waals surface area contributed by atoms with Crippen molar-refractivity contribution in [3.8, 4) is 0 Å². The summed E-state index contributed by atoms with van der Waals surface area (Å²) in [5.41, 5.74) is 3.06. The molecule has 0 bridgehead atoms. The lowest BCUT2D eigenvalue weighted by Crippen LogP contribution is -2.40. The molecule has 1 aromatic carbocycles. The van der Waals surface area contributed by atoms with Gasteiger partial charge in [-0.3, -0.25) is 4.79 Å². The van der Waals surface area contributed by atoms with Gasteiger partial charge < -0.3 is 20.3 Å². The largest absolute Gasteiger partial charge is 0.381 e. The second-order valence-electron chi connectivity index (χ2n) is 8.62. The molecule has 154 valence electrons. The van der Waals surface area contributed by atoms with Crippen LogP contribution in [-0.4, -0.2) is 49.2 Å². The Morgan fingerprint density at radius 2 is 1.39 bits per heavy atom. The van der Waals surface area contributed by atoms with Crippen molar-refractivity contribution in [1.29, 1.82) is 0 Å². The zero-order valence-corrected chi connectivity index (χ0v) is 17.0. The van der Waals surface area contributed by atoms with Gasteiger partial charge in [-0.25, -0.2) is 0 Å². The van der Waals surface area contributed by atoms with E-state index < -0.39 is 0 Å². The third-order valence-electron chi connectivity index (χ3n) is 6.49. The van der Waals surface area contributed by atoms with Crippen LogP contribution >= 0.6 is 0 Å². The maximum absolute atomic E-state index is 13.0. The van der Waals surface area contributed by atoms with E-state index >= 15 is 0 Å². The van der Waals surface area contributed by atoms with Gasteiger partial charge in [0, 0.05) is 30.7 Å². The van der Waals surface area contributed by atoms with Crippen molar-refractivity contribution in [3.63, 3.8) is 0 Å². The van der Waals surface area contributed by atoms with Gasteiger partial charge in [0.25, 0.3) is 5.91 Å². The van der Waals surface area contributed by atoms with Crippen LogP contribution < -0.4 is 10.6 Å². The molecule has 3 fully saturated rings. The number of ether oxygens (including phenoxy) is 1. The fourth-order valence-electron chi connectivity index (χ4n) is 4.81. The molecule has 2 aliphatic carbocycles. The van der Waals surface area contributed by atoms with E-state index in [9.17, 15) is 4.79 Å². The van der Waals surface area contributed by atoms with E-state index in [1.165, 1.54) is 64.2 Å². The molecule has 0 atom stereocenters. The molecular weight excluding hydrogens is 350 g/mol. The Balaban J connectivity index is 1.52. The highest BCUT2D eigenvalue weighted by molar-refractivity contribution is 5.96. The van der Waals surface area contributed by atoms with Gasteiger partial charge in [-0.05, 0) is 43.9 Å². The summed E-state index contributed by atoms with van der Waals surface area (Å²) in [7, 11) is 0. The Morgan fingerprint density at radius 1 is 0.821 bits per heavy atom. The van der Waals surface area contributed by atoms with Crippen LogP contribution in [-0.2, 0) is 4.74 Å². The number of nitrogens with zero attached hydrogens (tertiary/aromatic N) is 1. The molecule has 1 heterocycles. The molecule has 5 heteroatoms. The molecule has 1 aromatic rings. The molecule has 1 saturated heterocycles. The maximum Gasteiger partial charge on any atom is 0.254 e. The van der Waals surface area contributed by atoms with Crippen LogP contribution in [0, 0.1) is 0 Å². The van der Waals surface area contributed by atoms with Crippen LogP contribution in [0.1, 0.15) is 74.6 Å². The fraction of sp³-hybridized carbons (Fsp3) is 0.696. The second-order valence-corrected chi connectivity index (χ2v) is 8.62. The Hall–Kier alpha value is -1.75. The summed E-state index contributed by atoms with van der Waals surface area (Å²) in [5.74, 6) is 0.124. The highest BCUT2D eigenvalue weighted by Crippen LogP contribution is 2.31. The lowest BCUT2D eigenvalue weighted by molar-refractivity contribution is 0.0303. The van der Waals surface area contributed by atoms with Gasteiger partial charge in [0.1, 0.15) is 0 Å². The lowest BCUT2D eigenvalue weighted by atomic mass is 9.94. The molecule has 0 radical (unpaired) electrons. The Labute approximate surface area is 169 Å². The number of amides is 1. The monoisotopic (exact) mass is 385 g/mol. The van der Waals surface area contributed by atoms with Gasteiger partial charge in [0.05, 0.1) is 24.6 Å². The summed E-state index contributed by atoms with van der Waals surface area (Å²) in [6, 6.07) is 7.27. The first kappa shape index (κ1) is 19.6. The first-order chi connectivity index (χ1) is 13.8. The van der Waals surface area contributed by atoms with Gasteiger partial charge >= 0.3 is 0 Å². The number of anilines is 2. The van der Waals surface area contributed by atoms with Crippen molar-refractivity contribution >= 4 is 17.3 Å². The quantitative estimate of drug-likeness (QED) is 0.775. The molecule has 2 saturated carbocycles. The molecule has 0 unspecified atom stereocenters. The number of morpholine rings is 1. The molecule has 0 aromatic heterocycles. The zero-order chi connectivity index (χ0) is 19.2. The van der Waals surface area contributed by atoms with Crippen molar-refractivity contribution in [2.45, 2.75) is 76.3 Å². The number of nitrogens with one attached hydrogen (secondary N) is 2. The van der Waals surface area contributed by atoms with Gasteiger partial charge in [0.15, 0.2) is 0 Å². The summed E-state index contributed by atoms with van der Waals surface area (Å²) in [6.07, 6.45) is 12.9. The molecule has 4 rings (SSSR count). The van der Waals surface area contributed by atoms with Crippen molar-refractivity contribution in [1.82, 2.24) is 4.90 Å². The smallest absolute Gasteiger partial charge is 0.254 e. The van der Waals surface area contributed by atoms with Gasteiger partial charge in [0.2, 0.25) is 0 Å². The Morgan fingerprint density at radius 3 is 2.00 bits per heavy atom. The average Bonchev–Trinajstić information content (AvgIpc) is 2.76. The predicted octanol–water partition coefficient (Wildman–Crippen LogP) is 4.65. The predicted molar refractivity (Wildman–Crippen MR) is 114 cm³/mol. The third-order valence-corrected chi connectivity index (χ3v) is 6.49. The van der Waals surface area contributed by atoms with E-state index in [2.05, 4.69) is 22.8 Å². The number of rotatable bonds is 5. The number of hydrogen-bond acceptors (Lipinski definition) is 4. The van der Waals surface area contributed by atoms with Crippen molar-refractivity contribution < 1.29 is 9.53 Å². The number of carbonyl (C=O) groups is 1. The summed E-state index contributed by atoms with van der Waals surface area (Å²) < 4.78 is 5.40. The molecule has 5 nitrogen and oxygen atoms in total. The highest BCUT2D eigenvalue weighted by atomic mass is 16.5. The summed E-state index contributed by atoms with van der Waals surface area (Å²) in [4.78, 5) is 14.9. The van der Waals surface area contributed by atoms with Crippen molar-refractivity contribution in [2.75, 3.05) is 36.9 Å². The van der Waals surface area contributed by atoms with Crippen LogP contribution in [0.4, 0.5) is 11.4 Å². The molecule has 28 heavy (non-hydrogen) atoms. The van der Waals surface area contributed by atoms with E-state index in [4.69, 9.17) is 4.74 Å². The molecule has 1 amide bonds. The molecule has 2 N–H and O–H groups in total. The van der Waals surface area contributed by atoms with Crippen molar-refractivity contribution in [2.24, 2.45) is 0 Å². The minimum Gasteiger partial charge on any atom is -0.381 e. The summed E-state index contributed by atoms with van der Waals surface area (Å²) in [6.45, 7) is 2.65.